The van der Waals surface area contributed by atoms with Crippen LogP contribution in [-0.2, 0) is 17.4 Å². The molecular formula is C22H25F3N4O3. The lowest BCUT2D eigenvalue weighted by Gasteiger charge is -2.35. The van der Waals surface area contributed by atoms with Gasteiger partial charge in [-0.05, 0) is 42.5 Å². The number of rotatable bonds is 5. The Morgan fingerprint density at radius 1 is 1.31 bits per heavy atom. The molecule has 1 aromatic carbocycles. The summed E-state index contributed by atoms with van der Waals surface area (Å²) in [7, 11) is 2.95. The summed E-state index contributed by atoms with van der Waals surface area (Å²) in [5, 5.41) is 11.5. The zero-order valence-electron chi connectivity index (χ0n) is 17.8. The van der Waals surface area contributed by atoms with Gasteiger partial charge in [0.25, 0.3) is 0 Å². The van der Waals surface area contributed by atoms with Crippen LogP contribution in [0.1, 0.15) is 36.6 Å². The normalized spacial score (nSPS) is 17.5. The number of hydrogen-bond acceptors (Lipinski definition) is 4. The molecule has 1 aliphatic rings. The molecule has 32 heavy (non-hydrogen) atoms. The van der Waals surface area contributed by atoms with Crippen molar-refractivity contribution in [1.82, 2.24) is 19.4 Å². The second-order valence-electron chi connectivity index (χ2n) is 8.21. The van der Waals surface area contributed by atoms with Crippen LogP contribution in [0.4, 0.5) is 13.2 Å². The van der Waals surface area contributed by atoms with Gasteiger partial charge < -0.3 is 24.3 Å². The number of H-pyrrole nitrogens is 1. The molecule has 1 fully saturated rings. The minimum atomic E-state index is -5.04. The van der Waals surface area contributed by atoms with Crippen molar-refractivity contribution in [3.8, 4) is 5.75 Å². The van der Waals surface area contributed by atoms with Gasteiger partial charge in [-0.2, -0.15) is 13.2 Å². The number of fused-ring (bicyclic) bond motifs is 1. The van der Waals surface area contributed by atoms with Crippen LogP contribution < -0.4 is 4.74 Å². The molecule has 4 rings (SSSR count). The first-order chi connectivity index (χ1) is 15.1. The maximum absolute atomic E-state index is 13.7. The molecule has 1 unspecified atom stereocenters. The highest BCUT2D eigenvalue weighted by Crippen LogP contribution is 2.42. The SMILES string of the molecule is COc1ccc2[nH]cc(C3CCN(C(=O)CC(O)(c4nccn4C)C(F)(F)F)CC3)c2c1. The number of amides is 1. The Hall–Kier alpha value is -3.01. The Morgan fingerprint density at radius 2 is 2.03 bits per heavy atom. The maximum atomic E-state index is 13.7. The van der Waals surface area contributed by atoms with Gasteiger partial charge in [-0.15, -0.1) is 0 Å². The predicted molar refractivity (Wildman–Crippen MR) is 111 cm³/mol. The van der Waals surface area contributed by atoms with Crippen LogP contribution in [0.15, 0.2) is 36.8 Å². The van der Waals surface area contributed by atoms with E-state index in [4.69, 9.17) is 4.74 Å². The third-order valence-electron chi connectivity index (χ3n) is 6.28. The van der Waals surface area contributed by atoms with Gasteiger partial charge in [0.15, 0.2) is 5.82 Å². The molecule has 0 spiro atoms. The van der Waals surface area contributed by atoms with E-state index in [1.54, 1.807) is 7.11 Å². The van der Waals surface area contributed by atoms with Crippen molar-refractivity contribution in [3.05, 3.63) is 48.2 Å². The number of aryl methyl sites for hydroxylation is 1. The van der Waals surface area contributed by atoms with E-state index in [0.29, 0.717) is 25.9 Å². The molecule has 0 aliphatic carbocycles. The topological polar surface area (TPSA) is 83.4 Å². The Morgan fingerprint density at radius 3 is 2.62 bits per heavy atom. The lowest BCUT2D eigenvalue weighted by molar-refractivity contribution is -0.272. The number of hydrogen-bond donors (Lipinski definition) is 2. The third kappa shape index (κ3) is 3.83. The first-order valence-electron chi connectivity index (χ1n) is 10.3. The molecule has 1 atom stereocenters. The number of aliphatic hydroxyl groups is 1. The molecular weight excluding hydrogens is 425 g/mol. The standard InChI is InChI=1S/C22H25F3N4O3/c1-28-10-7-26-20(28)21(31,22(23,24)25)12-19(30)29-8-5-14(6-9-29)17-13-27-18-4-3-15(32-2)11-16(17)18/h3-4,7,10-11,13-14,27,31H,5-6,8-9,12H2,1-2H3. The minimum Gasteiger partial charge on any atom is -0.497 e. The molecule has 1 aliphatic heterocycles. The maximum Gasteiger partial charge on any atom is 0.425 e. The van der Waals surface area contributed by atoms with Crippen LogP contribution in [0.25, 0.3) is 10.9 Å². The van der Waals surface area contributed by atoms with Gasteiger partial charge in [0.1, 0.15) is 5.75 Å². The molecule has 7 nitrogen and oxygen atoms in total. The Kier molecular flexibility index (Phi) is 5.66. The van der Waals surface area contributed by atoms with E-state index in [1.807, 2.05) is 24.4 Å². The van der Waals surface area contributed by atoms with E-state index in [1.165, 1.54) is 18.1 Å². The number of methoxy groups -OCH3 is 1. The smallest absolute Gasteiger partial charge is 0.425 e. The summed E-state index contributed by atoms with van der Waals surface area (Å²) in [5.74, 6) is -0.435. The second kappa shape index (κ2) is 8.16. The molecule has 0 radical (unpaired) electrons. The molecule has 2 aromatic heterocycles. The van der Waals surface area contributed by atoms with Crippen molar-refractivity contribution in [1.29, 1.82) is 0 Å². The fraction of sp³-hybridized carbons (Fsp3) is 0.455. The summed E-state index contributed by atoms with van der Waals surface area (Å²) < 4.78 is 47.6. The lowest BCUT2D eigenvalue weighted by atomic mass is 9.88. The van der Waals surface area contributed by atoms with Gasteiger partial charge in [-0.1, -0.05) is 0 Å². The summed E-state index contributed by atoms with van der Waals surface area (Å²) in [6.45, 7) is 0.628. The number of nitrogens with zero attached hydrogens (tertiary/aromatic N) is 3. The summed E-state index contributed by atoms with van der Waals surface area (Å²) in [6.07, 6.45) is -0.503. The van der Waals surface area contributed by atoms with Crippen molar-refractivity contribution in [3.63, 3.8) is 0 Å². The monoisotopic (exact) mass is 450 g/mol. The Bertz CT molecular complexity index is 1120. The van der Waals surface area contributed by atoms with Crippen LogP contribution >= 0.6 is 0 Å². The number of likely N-dealkylation sites (tertiary alicyclic amines) is 1. The first kappa shape index (κ1) is 22.2. The van der Waals surface area contributed by atoms with Crippen LogP contribution in [0.2, 0.25) is 0 Å². The number of alkyl halides is 3. The molecule has 1 amide bonds. The van der Waals surface area contributed by atoms with Gasteiger partial charge in [-0.25, -0.2) is 4.98 Å². The molecule has 172 valence electrons. The summed E-state index contributed by atoms with van der Waals surface area (Å²) in [6, 6.07) is 5.76. The fourth-order valence-electron chi connectivity index (χ4n) is 4.43. The molecule has 0 saturated carbocycles. The highest BCUT2D eigenvalue weighted by molar-refractivity contribution is 5.85. The number of benzene rings is 1. The van der Waals surface area contributed by atoms with Gasteiger partial charge in [0.2, 0.25) is 11.5 Å². The zero-order valence-corrected chi connectivity index (χ0v) is 17.8. The first-order valence-corrected chi connectivity index (χ1v) is 10.3. The van der Waals surface area contributed by atoms with E-state index in [9.17, 15) is 23.1 Å². The average molecular weight is 450 g/mol. The van der Waals surface area contributed by atoms with E-state index in [2.05, 4.69) is 9.97 Å². The van der Waals surface area contributed by atoms with Crippen molar-refractivity contribution in [2.75, 3.05) is 20.2 Å². The van der Waals surface area contributed by atoms with Crippen molar-refractivity contribution in [2.45, 2.75) is 37.0 Å². The van der Waals surface area contributed by atoms with E-state index in [0.717, 1.165) is 33.0 Å². The van der Waals surface area contributed by atoms with Crippen LogP contribution in [0.3, 0.4) is 0 Å². The average Bonchev–Trinajstić information content (AvgIpc) is 3.38. The number of piperidine rings is 1. The zero-order chi connectivity index (χ0) is 23.1. The summed E-state index contributed by atoms with van der Waals surface area (Å²) in [4.78, 5) is 21.0. The highest BCUT2D eigenvalue weighted by atomic mass is 19.4. The van der Waals surface area contributed by atoms with Gasteiger partial charge >= 0.3 is 6.18 Å². The van der Waals surface area contributed by atoms with Gasteiger partial charge in [0.05, 0.1) is 13.5 Å². The molecule has 1 saturated heterocycles. The number of halogens is 3. The van der Waals surface area contributed by atoms with Gasteiger partial charge in [-0.3, -0.25) is 4.79 Å². The second-order valence-corrected chi connectivity index (χ2v) is 8.21. The lowest BCUT2D eigenvalue weighted by Crippen LogP contribution is -2.49. The molecule has 0 bridgehead atoms. The number of ether oxygens (including phenoxy) is 1. The predicted octanol–water partition coefficient (Wildman–Crippen LogP) is 3.46. The molecule has 10 heteroatoms. The number of aromatic amines is 1. The highest BCUT2D eigenvalue weighted by Gasteiger charge is 2.59. The van der Waals surface area contributed by atoms with Crippen LogP contribution in [0, 0.1) is 0 Å². The Balaban J connectivity index is 1.47. The van der Waals surface area contributed by atoms with Gasteiger partial charge in [0, 0.05) is 49.6 Å². The van der Waals surface area contributed by atoms with Crippen molar-refractivity contribution < 1.29 is 27.8 Å². The van der Waals surface area contributed by atoms with E-state index < -0.39 is 29.9 Å². The fourth-order valence-corrected chi connectivity index (χ4v) is 4.43. The number of nitrogens with one attached hydrogen (secondary N) is 1. The minimum absolute atomic E-state index is 0.163. The quantitative estimate of drug-likeness (QED) is 0.624. The largest absolute Gasteiger partial charge is 0.497 e. The van der Waals surface area contributed by atoms with Crippen LogP contribution in [0.5, 0.6) is 5.75 Å². The molecule has 3 aromatic rings. The van der Waals surface area contributed by atoms with E-state index in [-0.39, 0.29) is 5.92 Å². The number of carbonyl (C=O) groups is 1. The molecule has 3 heterocycles. The third-order valence-corrected chi connectivity index (χ3v) is 6.28. The number of carbonyl (C=O) groups excluding carboxylic acids is 1. The summed E-state index contributed by atoms with van der Waals surface area (Å²) >= 11 is 0. The van der Waals surface area contributed by atoms with Crippen LogP contribution in [-0.4, -0.2) is 56.8 Å². The number of imidazole rings is 1. The van der Waals surface area contributed by atoms with Crippen molar-refractivity contribution >= 4 is 16.8 Å². The Labute approximate surface area is 182 Å². The summed E-state index contributed by atoms with van der Waals surface area (Å²) in [5.41, 5.74) is -1.26. The molecule has 2 N–H and O–H groups in total. The van der Waals surface area contributed by atoms with Crippen molar-refractivity contribution in [2.24, 2.45) is 7.05 Å². The van der Waals surface area contributed by atoms with E-state index >= 15 is 0 Å². The number of aromatic nitrogens is 3.